The van der Waals surface area contributed by atoms with Gasteiger partial charge in [0, 0.05) is 12.5 Å². The summed E-state index contributed by atoms with van der Waals surface area (Å²) in [6.45, 7) is 4.23. The van der Waals surface area contributed by atoms with Crippen LogP contribution in [0.1, 0.15) is 30.1 Å². The van der Waals surface area contributed by atoms with Gasteiger partial charge in [-0.1, -0.05) is 0 Å². The van der Waals surface area contributed by atoms with E-state index in [0.29, 0.717) is 17.4 Å². The minimum Gasteiger partial charge on any atom is -0.493 e. The van der Waals surface area contributed by atoms with Crippen LogP contribution >= 0.6 is 0 Å². The first-order valence-corrected chi connectivity index (χ1v) is 7.27. The van der Waals surface area contributed by atoms with E-state index in [9.17, 15) is 4.79 Å². The molecule has 0 aromatic heterocycles. The fourth-order valence-electron chi connectivity index (χ4n) is 2.78. The van der Waals surface area contributed by atoms with Crippen molar-refractivity contribution < 1.29 is 19.4 Å². The number of piperidine rings is 1. The molecule has 2 unspecified atom stereocenters. The Morgan fingerprint density at radius 3 is 2.81 bits per heavy atom. The molecule has 1 fully saturated rings. The lowest BCUT2D eigenvalue weighted by Crippen LogP contribution is -2.39. The number of rotatable bonds is 5. The fraction of sp³-hybridized carbons (Fsp3) is 0.562. The predicted molar refractivity (Wildman–Crippen MR) is 80.3 cm³/mol. The zero-order chi connectivity index (χ0) is 15.4. The van der Waals surface area contributed by atoms with Gasteiger partial charge in [-0.05, 0) is 51.6 Å². The number of methoxy groups -OCH3 is 1. The van der Waals surface area contributed by atoms with E-state index in [4.69, 9.17) is 14.6 Å². The van der Waals surface area contributed by atoms with Gasteiger partial charge in [0.05, 0.1) is 12.7 Å². The highest BCUT2D eigenvalue weighted by atomic mass is 16.5. The quantitative estimate of drug-likeness (QED) is 0.904. The SMILES string of the molecule is COc1cc(C(=O)O)ccc1OC(C)C1CCCN(C)C1. The summed E-state index contributed by atoms with van der Waals surface area (Å²) in [5.74, 6) is 0.573. The maximum absolute atomic E-state index is 11.0. The molecule has 1 saturated heterocycles. The molecule has 2 rings (SSSR count). The van der Waals surface area contributed by atoms with Crippen LogP contribution < -0.4 is 9.47 Å². The zero-order valence-electron chi connectivity index (χ0n) is 12.8. The average molecular weight is 293 g/mol. The van der Waals surface area contributed by atoms with Crippen LogP contribution in [0.2, 0.25) is 0 Å². The Labute approximate surface area is 125 Å². The number of aromatic carboxylic acids is 1. The van der Waals surface area contributed by atoms with Crippen molar-refractivity contribution in [3.05, 3.63) is 23.8 Å². The van der Waals surface area contributed by atoms with Crippen molar-refractivity contribution in [2.75, 3.05) is 27.2 Å². The normalized spacial score (nSPS) is 20.8. The molecular weight excluding hydrogens is 270 g/mol. The van der Waals surface area contributed by atoms with E-state index in [0.717, 1.165) is 19.5 Å². The van der Waals surface area contributed by atoms with Crippen LogP contribution in [0.25, 0.3) is 0 Å². The molecule has 0 aliphatic carbocycles. The number of nitrogens with zero attached hydrogens (tertiary/aromatic N) is 1. The Bertz CT molecular complexity index is 503. The summed E-state index contributed by atoms with van der Waals surface area (Å²) in [4.78, 5) is 13.3. The van der Waals surface area contributed by atoms with Gasteiger partial charge in [0.15, 0.2) is 11.5 Å². The lowest BCUT2D eigenvalue weighted by Gasteiger charge is -2.33. The number of carbonyl (C=O) groups is 1. The van der Waals surface area contributed by atoms with Crippen molar-refractivity contribution >= 4 is 5.97 Å². The molecule has 1 N–H and O–H groups in total. The van der Waals surface area contributed by atoms with Gasteiger partial charge < -0.3 is 19.5 Å². The molecule has 21 heavy (non-hydrogen) atoms. The second-order valence-corrected chi connectivity index (χ2v) is 5.66. The van der Waals surface area contributed by atoms with Crippen LogP contribution in [-0.2, 0) is 0 Å². The summed E-state index contributed by atoms with van der Waals surface area (Å²) in [7, 11) is 3.65. The largest absolute Gasteiger partial charge is 0.493 e. The fourth-order valence-corrected chi connectivity index (χ4v) is 2.78. The number of benzene rings is 1. The molecule has 1 aliphatic heterocycles. The van der Waals surface area contributed by atoms with Crippen LogP contribution in [-0.4, -0.2) is 49.3 Å². The van der Waals surface area contributed by atoms with Crippen LogP contribution in [0.5, 0.6) is 11.5 Å². The summed E-state index contributed by atoms with van der Waals surface area (Å²) in [5, 5.41) is 9.01. The predicted octanol–water partition coefficient (Wildman–Crippen LogP) is 2.50. The Balaban J connectivity index is 2.09. The van der Waals surface area contributed by atoms with Crippen molar-refractivity contribution in [2.45, 2.75) is 25.9 Å². The molecule has 0 bridgehead atoms. The molecule has 5 nitrogen and oxygen atoms in total. The summed E-state index contributed by atoms with van der Waals surface area (Å²) in [6, 6.07) is 4.71. The van der Waals surface area contributed by atoms with E-state index in [1.54, 1.807) is 12.1 Å². The molecule has 0 radical (unpaired) electrons. The van der Waals surface area contributed by atoms with Gasteiger partial charge in [0.1, 0.15) is 6.10 Å². The Morgan fingerprint density at radius 1 is 1.43 bits per heavy atom. The van der Waals surface area contributed by atoms with Gasteiger partial charge in [0.2, 0.25) is 0 Å². The molecule has 5 heteroatoms. The van der Waals surface area contributed by atoms with Crippen molar-refractivity contribution in [3.63, 3.8) is 0 Å². The molecule has 0 amide bonds. The van der Waals surface area contributed by atoms with Crippen molar-refractivity contribution in [3.8, 4) is 11.5 Å². The minimum absolute atomic E-state index is 0.0670. The Hall–Kier alpha value is -1.75. The zero-order valence-corrected chi connectivity index (χ0v) is 12.8. The summed E-state index contributed by atoms with van der Waals surface area (Å²) in [6.07, 6.45) is 2.41. The van der Waals surface area contributed by atoms with Crippen molar-refractivity contribution in [1.29, 1.82) is 0 Å². The summed E-state index contributed by atoms with van der Waals surface area (Å²) < 4.78 is 11.3. The molecule has 1 aliphatic rings. The third kappa shape index (κ3) is 3.88. The molecule has 0 spiro atoms. The second-order valence-electron chi connectivity index (χ2n) is 5.66. The van der Waals surface area contributed by atoms with Gasteiger partial charge in [-0.15, -0.1) is 0 Å². The third-order valence-electron chi connectivity index (χ3n) is 4.05. The van der Waals surface area contributed by atoms with Crippen LogP contribution in [0.4, 0.5) is 0 Å². The van der Waals surface area contributed by atoms with E-state index in [2.05, 4.69) is 18.9 Å². The molecule has 1 aromatic carbocycles. The number of carboxylic acid groups (broad SMARTS) is 1. The smallest absolute Gasteiger partial charge is 0.335 e. The Kier molecular flexibility index (Phi) is 5.07. The van der Waals surface area contributed by atoms with Crippen molar-refractivity contribution in [2.24, 2.45) is 5.92 Å². The summed E-state index contributed by atoms with van der Waals surface area (Å²) in [5.41, 5.74) is 0.198. The van der Waals surface area contributed by atoms with E-state index in [-0.39, 0.29) is 11.7 Å². The van der Waals surface area contributed by atoms with E-state index in [1.807, 2.05) is 0 Å². The highest BCUT2D eigenvalue weighted by molar-refractivity contribution is 5.88. The molecule has 116 valence electrons. The number of hydrogen-bond acceptors (Lipinski definition) is 4. The maximum atomic E-state index is 11.0. The monoisotopic (exact) mass is 293 g/mol. The molecule has 1 heterocycles. The van der Waals surface area contributed by atoms with Crippen LogP contribution in [0.3, 0.4) is 0 Å². The molecule has 1 aromatic rings. The number of hydrogen-bond donors (Lipinski definition) is 1. The topological polar surface area (TPSA) is 59.0 Å². The number of likely N-dealkylation sites (tertiary alicyclic amines) is 1. The standard InChI is InChI=1S/C16H23NO4/c1-11(13-5-4-8-17(2)10-13)21-14-7-6-12(16(18)19)9-15(14)20-3/h6-7,9,11,13H,4-5,8,10H2,1-3H3,(H,18,19). The minimum atomic E-state index is -0.971. The van der Waals surface area contributed by atoms with E-state index >= 15 is 0 Å². The first-order valence-electron chi connectivity index (χ1n) is 7.27. The lowest BCUT2D eigenvalue weighted by molar-refractivity contribution is 0.0696. The van der Waals surface area contributed by atoms with E-state index < -0.39 is 5.97 Å². The van der Waals surface area contributed by atoms with Gasteiger partial charge in [-0.3, -0.25) is 0 Å². The molecular formula is C16H23NO4. The van der Waals surface area contributed by atoms with Gasteiger partial charge in [0.25, 0.3) is 0 Å². The van der Waals surface area contributed by atoms with Gasteiger partial charge in [-0.2, -0.15) is 0 Å². The molecule has 0 saturated carbocycles. The van der Waals surface area contributed by atoms with Gasteiger partial charge in [-0.25, -0.2) is 4.79 Å². The average Bonchev–Trinajstić information content (AvgIpc) is 2.47. The highest BCUT2D eigenvalue weighted by Crippen LogP contribution is 2.31. The Morgan fingerprint density at radius 2 is 2.19 bits per heavy atom. The maximum Gasteiger partial charge on any atom is 0.335 e. The first-order chi connectivity index (χ1) is 10.0. The lowest BCUT2D eigenvalue weighted by atomic mass is 9.93. The highest BCUT2D eigenvalue weighted by Gasteiger charge is 2.25. The van der Waals surface area contributed by atoms with Crippen molar-refractivity contribution in [1.82, 2.24) is 4.90 Å². The summed E-state index contributed by atoms with van der Waals surface area (Å²) >= 11 is 0. The van der Waals surface area contributed by atoms with Crippen LogP contribution in [0, 0.1) is 5.92 Å². The third-order valence-corrected chi connectivity index (χ3v) is 4.05. The number of carboxylic acids is 1. The second kappa shape index (κ2) is 6.80. The van der Waals surface area contributed by atoms with Gasteiger partial charge >= 0.3 is 5.97 Å². The number of ether oxygens (including phenoxy) is 2. The van der Waals surface area contributed by atoms with Crippen LogP contribution in [0.15, 0.2) is 18.2 Å². The molecule has 2 atom stereocenters. The first kappa shape index (κ1) is 15.6. The van der Waals surface area contributed by atoms with E-state index in [1.165, 1.54) is 19.6 Å².